The normalized spacial score (nSPS) is 23.5. The number of nitrogens with zero attached hydrogens (tertiary/aromatic N) is 3. The predicted octanol–water partition coefficient (Wildman–Crippen LogP) is 1.94. The Bertz CT molecular complexity index is 836. The van der Waals surface area contributed by atoms with Crippen LogP contribution in [0, 0.1) is 0 Å². The molecule has 2 aliphatic rings. The summed E-state index contributed by atoms with van der Waals surface area (Å²) in [4.78, 5) is 8.70. The lowest BCUT2D eigenvalue weighted by Crippen LogP contribution is -2.42. The van der Waals surface area contributed by atoms with E-state index in [0.717, 1.165) is 24.1 Å². The Morgan fingerprint density at radius 3 is 2.74 bits per heavy atom. The summed E-state index contributed by atoms with van der Waals surface area (Å²) in [7, 11) is -1.98. The largest absolute Gasteiger partial charge is 0.497 e. The molecule has 7 heteroatoms. The molecule has 2 aromatic rings. The summed E-state index contributed by atoms with van der Waals surface area (Å²) in [5.41, 5.74) is 1.92. The molecule has 1 aromatic heterocycles. The van der Waals surface area contributed by atoms with Crippen LogP contribution in [0.5, 0.6) is 5.75 Å². The number of benzene rings is 1. The van der Waals surface area contributed by atoms with Crippen molar-refractivity contribution in [3.8, 4) is 5.75 Å². The van der Waals surface area contributed by atoms with Crippen LogP contribution in [0.15, 0.2) is 41.7 Å². The van der Waals surface area contributed by atoms with Crippen molar-refractivity contribution in [2.24, 2.45) is 0 Å². The molecule has 2 atom stereocenters. The Kier molecular flexibility index (Phi) is 3.35. The van der Waals surface area contributed by atoms with Gasteiger partial charge in [0.1, 0.15) is 12.1 Å². The molecular formula is C16H17N3O3S. The summed E-state index contributed by atoms with van der Waals surface area (Å²) in [5, 5.41) is 0. The van der Waals surface area contributed by atoms with E-state index >= 15 is 0 Å². The van der Waals surface area contributed by atoms with Crippen molar-refractivity contribution in [1.82, 2.24) is 14.3 Å². The Labute approximate surface area is 135 Å². The van der Waals surface area contributed by atoms with Crippen LogP contribution in [0.3, 0.4) is 0 Å². The number of hydrogen-bond acceptors (Lipinski definition) is 5. The molecule has 0 radical (unpaired) electrons. The molecule has 6 nitrogen and oxygen atoms in total. The average molecular weight is 331 g/mol. The molecule has 1 aromatic carbocycles. The molecule has 1 saturated heterocycles. The molecule has 0 saturated carbocycles. The number of methoxy groups -OCH3 is 1. The maximum Gasteiger partial charge on any atom is 0.243 e. The van der Waals surface area contributed by atoms with Gasteiger partial charge < -0.3 is 4.74 Å². The van der Waals surface area contributed by atoms with Crippen LogP contribution < -0.4 is 4.74 Å². The summed E-state index contributed by atoms with van der Waals surface area (Å²) in [6.45, 7) is 0. The van der Waals surface area contributed by atoms with Gasteiger partial charge in [0.2, 0.25) is 10.0 Å². The molecule has 0 amide bonds. The standard InChI is InChI=1S/C16H17N3O3S/c1-22-12-3-5-13(6-4-12)23(20,21)19-11-2-7-16(19)14-9-17-10-18-15(14)8-11/h3-6,9-11,16H,2,7-8H2,1H3. The highest BCUT2D eigenvalue weighted by Gasteiger charge is 2.47. The molecular weight excluding hydrogens is 314 g/mol. The minimum Gasteiger partial charge on any atom is -0.497 e. The highest BCUT2D eigenvalue weighted by Crippen LogP contribution is 2.45. The smallest absolute Gasteiger partial charge is 0.243 e. The minimum absolute atomic E-state index is 0.0190. The number of fused-ring (bicyclic) bond motifs is 4. The Morgan fingerprint density at radius 2 is 2.00 bits per heavy atom. The van der Waals surface area contributed by atoms with Crippen molar-refractivity contribution < 1.29 is 13.2 Å². The zero-order chi connectivity index (χ0) is 16.0. The lowest BCUT2D eigenvalue weighted by molar-refractivity contribution is 0.300. The monoisotopic (exact) mass is 331 g/mol. The van der Waals surface area contributed by atoms with Gasteiger partial charge in [0.25, 0.3) is 0 Å². The molecule has 2 bridgehead atoms. The van der Waals surface area contributed by atoms with Gasteiger partial charge in [-0.2, -0.15) is 4.31 Å². The lowest BCUT2D eigenvalue weighted by Gasteiger charge is -2.34. The van der Waals surface area contributed by atoms with Crippen molar-refractivity contribution in [3.05, 3.63) is 48.0 Å². The van der Waals surface area contributed by atoms with E-state index in [2.05, 4.69) is 9.97 Å². The van der Waals surface area contributed by atoms with Crippen molar-refractivity contribution in [3.63, 3.8) is 0 Å². The summed E-state index contributed by atoms with van der Waals surface area (Å²) >= 11 is 0. The molecule has 3 heterocycles. The summed E-state index contributed by atoms with van der Waals surface area (Å²) in [6.07, 6.45) is 5.62. The van der Waals surface area contributed by atoms with Gasteiger partial charge in [-0.3, -0.25) is 0 Å². The first-order valence-corrected chi connectivity index (χ1v) is 9.01. The van der Waals surface area contributed by atoms with Crippen LogP contribution in [0.4, 0.5) is 0 Å². The molecule has 2 unspecified atom stereocenters. The first-order valence-electron chi connectivity index (χ1n) is 7.57. The first-order chi connectivity index (χ1) is 11.1. The topological polar surface area (TPSA) is 72.4 Å². The Morgan fingerprint density at radius 1 is 1.22 bits per heavy atom. The maximum atomic E-state index is 13.1. The van der Waals surface area contributed by atoms with Gasteiger partial charge in [0.15, 0.2) is 0 Å². The van der Waals surface area contributed by atoms with Gasteiger partial charge in [-0.1, -0.05) is 0 Å². The van der Waals surface area contributed by atoms with E-state index in [9.17, 15) is 8.42 Å². The fraction of sp³-hybridized carbons (Fsp3) is 0.375. The van der Waals surface area contributed by atoms with Crippen LogP contribution in [-0.2, 0) is 16.4 Å². The van der Waals surface area contributed by atoms with E-state index in [1.54, 1.807) is 41.9 Å². The van der Waals surface area contributed by atoms with Crippen LogP contribution in [-0.4, -0.2) is 35.8 Å². The fourth-order valence-electron chi connectivity index (χ4n) is 3.61. The van der Waals surface area contributed by atoms with Crippen LogP contribution in [0.1, 0.15) is 30.1 Å². The molecule has 120 valence electrons. The Balaban J connectivity index is 1.75. The van der Waals surface area contributed by atoms with E-state index < -0.39 is 10.0 Å². The molecule has 23 heavy (non-hydrogen) atoms. The van der Waals surface area contributed by atoms with Gasteiger partial charge in [-0.25, -0.2) is 18.4 Å². The molecule has 2 aliphatic heterocycles. The van der Waals surface area contributed by atoms with Crippen molar-refractivity contribution >= 4 is 10.0 Å². The van der Waals surface area contributed by atoms with Gasteiger partial charge in [-0.05, 0) is 37.1 Å². The van der Waals surface area contributed by atoms with E-state index in [-0.39, 0.29) is 12.1 Å². The number of aromatic nitrogens is 2. The van der Waals surface area contributed by atoms with Crippen molar-refractivity contribution in [2.45, 2.75) is 36.2 Å². The second-order valence-corrected chi connectivity index (χ2v) is 7.73. The molecule has 0 N–H and O–H groups in total. The van der Waals surface area contributed by atoms with Crippen molar-refractivity contribution in [2.75, 3.05) is 7.11 Å². The average Bonchev–Trinajstić information content (AvgIpc) is 2.91. The fourth-order valence-corrected chi connectivity index (χ4v) is 5.46. The quantitative estimate of drug-likeness (QED) is 0.859. The maximum absolute atomic E-state index is 13.1. The van der Waals surface area contributed by atoms with E-state index in [4.69, 9.17) is 4.74 Å². The minimum atomic E-state index is -3.54. The molecule has 0 spiro atoms. The second-order valence-electron chi connectivity index (χ2n) is 5.89. The zero-order valence-electron chi connectivity index (χ0n) is 12.7. The SMILES string of the molecule is COc1ccc(S(=O)(=O)N2C3CCC2c2cncnc2C3)cc1. The third-order valence-electron chi connectivity index (χ3n) is 4.69. The number of hydrogen-bond donors (Lipinski definition) is 0. The highest BCUT2D eigenvalue weighted by atomic mass is 32.2. The summed E-state index contributed by atoms with van der Waals surface area (Å²) < 4.78 is 33.0. The second kappa shape index (κ2) is 5.28. The lowest BCUT2D eigenvalue weighted by atomic mass is 10.0. The van der Waals surface area contributed by atoms with Crippen LogP contribution >= 0.6 is 0 Å². The summed E-state index contributed by atoms with van der Waals surface area (Å²) in [5.74, 6) is 0.643. The van der Waals surface area contributed by atoms with Crippen LogP contribution in [0.2, 0.25) is 0 Å². The third kappa shape index (κ3) is 2.22. The highest BCUT2D eigenvalue weighted by molar-refractivity contribution is 7.89. The van der Waals surface area contributed by atoms with Crippen LogP contribution in [0.25, 0.3) is 0 Å². The van der Waals surface area contributed by atoms with Crippen molar-refractivity contribution in [1.29, 1.82) is 0 Å². The molecule has 1 fully saturated rings. The van der Waals surface area contributed by atoms with E-state index in [1.807, 2.05) is 0 Å². The van der Waals surface area contributed by atoms with Gasteiger partial charge in [0.05, 0.1) is 23.7 Å². The number of ether oxygens (including phenoxy) is 1. The first kappa shape index (κ1) is 14.6. The van der Waals surface area contributed by atoms with E-state index in [1.165, 1.54) is 6.33 Å². The molecule has 0 aliphatic carbocycles. The van der Waals surface area contributed by atoms with Gasteiger partial charge >= 0.3 is 0 Å². The molecule has 4 rings (SSSR count). The summed E-state index contributed by atoms with van der Waals surface area (Å²) in [6, 6.07) is 6.38. The number of rotatable bonds is 3. The number of sulfonamides is 1. The van der Waals surface area contributed by atoms with E-state index in [0.29, 0.717) is 17.1 Å². The van der Waals surface area contributed by atoms with Gasteiger partial charge in [-0.15, -0.1) is 0 Å². The third-order valence-corrected chi connectivity index (χ3v) is 6.67. The Hall–Kier alpha value is -1.99. The zero-order valence-corrected chi connectivity index (χ0v) is 13.5. The van der Waals surface area contributed by atoms with Gasteiger partial charge in [0, 0.05) is 24.2 Å². The predicted molar refractivity (Wildman–Crippen MR) is 83.5 cm³/mol.